The van der Waals surface area contributed by atoms with Crippen molar-refractivity contribution in [3.8, 4) is 0 Å². The quantitative estimate of drug-likeness (QED) is 0.850. The Balaban J connectivity index is 2.05. The van der Waals surface area contributed by atoms with E-state index in [0.717, 1.165) is 37.8 Å². The normalized spacial score (nSPS) is 18.9. The fraction of sp³-hybridized carbons (Fsp3) is 0.812. The summed E-state index contributed by atoms with van der Waals surface area (Å²) < 4.78 is 2.11. The van der Waals surface area contributed by atoms with E-state index < -0.39 is 0 Å². The van der Waals surface area contributed by atoms with Crippen molar-refractivity contribution in [1.29, 1.82) is 0 Å². The van der Waals surface area contributed by atoms with Crippen molar-refractivity contribution in [2.24, 2.45) is 5.41 Å². The van der Waals surface area contributed by atoms with Gasteiger partial charge in [-0.3, -0.25) is 4.68 Å². The van der Waals surface area contributed by atoms with Crippen molar-refractivity contribution in [3.63, 3.8) is 0 Å². The van der Waals surface area contributed by atoms with Crippen LogP contribution in [0.5, 0.6) is 0 Å². The maximum Gasteiger partial charge on any atom is 0.0631 e. The summed E-state index contributed by atoms with van der Waals surface area (Å²) in [5, 5.41) is 14.5. The summed E-state index contributed by atoms with van der Waals surface area (Å²) in [5.41, 5.74) is 1.26. The van der Waals surface area contributed by atoms with E-state index in [1.54, 1.807) is 0 Å². The molecule has 0 radical (unpaired) electrons. The lowest BCUT2D eigenvalue weighted by Gasteiger charge is -2.35. The Bertz CT molecular complexity index is 376. The monoisotopic (exact) mass is 264 g/mol. The van der Waals surface area contributed by atoms with Gasteiger partial charge in [0.05, 0.1) is 11.7 Å². The summed E-state index contributed by atoms with van der Waals surface area (Å²) in [6.45, 7) is 4.74. The van der Waals surface area contributed by atoms with E-state index in [-0.39, 0.29) is 5.41 Å². The molecule has 1 aliphatic rings. The van der Waals surface area contributed by atoms with Crippen LogP contribution in [-0.2, 0) is 6.42 Å². The Morgan fingerprint density at radius 1 is 1.26 bits per heavy atom. The van der Waals surface area contributed by atoms with Crippen molar-refractivity contribution in [2.45, 2.75) is 71.3 Å². The van der Waals surface area contributed by atoms with Crippen molar-refractivity contribution in [2.75, 3.05) is 6.61 Å². The molecule has 1 saturated carbocycles. The molecule has 0 bridgehead atoms. The van der Waals surface area contributed by atoms with Gasteiger partial charge in [0.15, 0.2) is 0 Å². The second-order valence-corrected chi connectivity index (χ2v) is 6.15. The van der Waals surface area contributed by atoms with Gasteiger partial charge in [-0.05, 0) is 43.6 Å². The van der Waals surface area contributed by atoms with E-state index in [2.05, 4.69) is 30.8 Å². The largest absolute Gasteiger partial charge is 0.396 e. The van der Waals surface area contributed by atoms with Gasteiger partial charge >= 0.3 is 0 Å². The smallest absolute Gasteiger partial charge is 0.0631 e. The highest BCUT2D eigenvalue weighted by Gasteiger charge is 2.32. The highest BCUT2D eigenvalue weighted by atomic mass is 16.3. The Hall–Kier alpha value is -0.830. The average molecular weight is 264 g/mol. The molecule has 3 nitrogen and oxygen atoms in total. The van der Waals surface area contributed by atoms with Gasteiger partial charge < -0.3 is 5.11 Å². The van der Waals surface area contributed by atoms with Crippen LogP contribution in [0.25, 0.3) is 0 Å². The number of rotatable bonds is 6. The predicted molar refractivity (Wildman–Crippen MR) is 78.2 cm³/mol. The van der Waals surface area contributed by atoms with Crippen LogP contribution in [-0.4, -0.2) is 21.5 Å². The fourth-order valence-electron chi connectivity index (χ4n) is 3.41. The van der Waals surface area contributed by atoms with Gasteiger partial charge in [0.25, 0.3) is 0 Å². The standard InChI is InChI=1S/C16H28N2O/c1-3-15(4-2)18-11-8-14(17-18)12-16(13-19)9-6-5-7-10-16/h8,11,15,19H,3-7,9-10,12-13H2,1-2H3. The zero-order valence-corrected chi connectivity index (χ0v) is 12.4. The van der Waals surface area contributed by atoms with E-state index in [0.29, 0.717) is 12.6 Å². The summed E-state index contributed by atoms with van der Waals surface area (Å²) in [6, 6.07) is 2.66. The van der Waals surface area contributed by atoms with E-state index in [9.17, 15) is 5.11 Å². The highest BCUT2D eigenvalue weighted by Crippen LogP contribution is 2.38. The number of hydrogen-bond donors (Lipinski definition) is 1. The third kappa shape index (κ3) is 3.38. The minimum absolute atomic E-state index is 0.103. The number of aliphatic hydroxyl groups is 1. The molecule has 0 spiro atoms. The van der Waals surface area contributed by atoms with Crippen molar-refractivity contribution in [3.05, 3.63) is 18.0 Å². The van der Waals surface area contributed by atoms with Gasteiger partial charge in [0.1, 0.15) is 0 Å². The zero-order chi connectivity index (χ0) is 13.7. The molecular formula is C16H28N2O. The zero-order valence-electron chi connectivity index (χ0n) is 12.4. The molecule has 0 unspecified atom stereocenters. The van der Waals surface area contributed by atoms with Gasteiger partial charge in [0.2, 0.25) is 0 Å². The van der Waals surface area contributed by atoms with E-state index >= 15 is 0 Å². The molecule has 0 aromatic carbocycles. The van der Waals surface area contributed by atoms with Crippen LogP contribution in [0.4, 0.5) is 0 Å². The first kappa shape index (κ1) is 14.6. The molecular weight excluding hydrogens is 236 g/mol. The van der Waals surface area contributed by atoms with Crippen LogP contribution >= 0.6 is 0 Å². The predicted octanol–water partition coefficient (Wildman–Crippen LogP) is 3.73. The van der Waals surface area contributed by atoms with Crippen LogP contribution in [0, 0.1) is 5.41 Å². The first-order chi connectivity index (χ1) is 9.23. The van der Waals surface area contributed by atoms with Crippen molar-refractivity contribution < 1.29 is 5.11 Å². The number of aromatic nitrogens is 2. The molecule has 19 heavy (non-hydrogen) atoms. The molecule has 0 saturated heterocycles. The Kier molecular flexibility index (Phi) is 5.03. The second-order valence-electron chi connectivity index (χ2n) is 6.15. The number of nitrogens with zero attached hydrogens (tertiary/aromatic N) is 2. The molecule has 1 fully saturated rings. The van der Waals surface area contributed by atoms with Gasteiger partial charge in [0, 0.05) is 12.8 Å². The van der Waals surface area contributed by atoms with E-state index in [1.807, 2.05) is 0 Å². The van der Waals surface area contributed by atoms with Crippen LogP contribution in [0.2, 0.25) is 0 Å². The molecule has 0 atom stereocenters. The third-order valence-corrected chi connectivity index (χ3v) is 4.79. The molecule has 3 heteroatoms. The van der Waals surface area contributed by atoms with Gasteiger partial charge in [-0.1, -0.05) is 33.1 Å². The lowest BCUT2D eigenvalue weighted by atomic mass is 9.72. The number of hydrogen-bond acceptors (Lipinski definition) is 2. The lowest BCUT2D eigenvalue weighted by molar-refractivity contribution is 0.0811. The third-order valence-electron chi connectivity index (χ3n) is 4.79. The summed E-state index contributed by atoms with van der Waals surface area (Å²) >= 11 is 0. The molecule has 1 aromatic rings. The van der Waals surface area contributed by atoms with Crippen LogP contribution in [0.3, 0.4) is 0 Å². The van der Waals surface area contributed by atoms with Gasteiger partial charge in [-0.15, -0.1) is 0 Å². The van der Waals surface area contributed by atoms with Crippen molar-refractivity contribution in [1.82, 2.24) is 9.78 Å². The SMILES string of the molecule is CCC(CC)n1ccc(CC2(CO)CCCCC2)n1. The van der Waals surface area contributed by atoms with E-state index in [4.69, 9.17) is 5.10 Å². The molecule has 1 aromatic heterocycles. The van der Waals surface area contributed by atoms with Crippen LogP contribution in [0.15, 0.2) is 12.3 Å². The maximum absolute atomic E-state index is 9.78. The molecule has 1 aliphatic carbocycles. The fourth-order valence-corrected chi connectivity index (χ4v) is 3.41. The molecule has 1 heterocycles. The Labute approximate surface area is 117 Å². The van der Waals surface area contributed by atoms with Gasteiger partial charge in [-0.25, -0.2) is 0 Å². The summed E-state index contributed by atoms with van der Waals surface area (Å²) in [6.07, 6.45) is 11.5. The lowest BCUT2D eigenvalue weighted by Crippen LogP contribution is -2.31. The molecule has 0 aliphatic heterocycles. The van der Waals surface area contributed by atoms with Crippen molar-refractivity contribution >= 4 is 0 Å². The highest BCUT2D eigenvalue weighted by molar-refractivity contribution is 5.05. The number of aliphatic hydroxyl groups excluding tert-OH is 1. The summed E-state index contributed by atoms with van der Waals surface area (Å²) in [5.74, 6) is 0. The molecule has 0 amide bonds. The summed E-state index contributed by atoms with van der Waals surface area (Å²) in [4.78, 5) is 0. The summed E-state index contributed by atoms with van der Waals surface area (Å²) in [7, 11) is 0. The average Bonchev–Trinajstić information content (AvgIpc) is 2.89. The Morgan fingerprint density at radius 2 is 1.95 bits per heavy atom. The Morgan fingerprint density at radius 3 is 2.53 bits per heavy atom. The van der Waals surface area contributed by atoms with E-state index in [1.165, 1.54) is 19.3 Å². The van der Waals surface area contributed by atoms with Gasteiger partial charge in [-0.2, -0.15) is 5.10 Å². The molecule has 1 N–H and O–H groups in total. The minimum Gasteiger partial charge on any atom is -0.396 e. The maximum atomic E-state index is 9.78. The molecule has 108 valence electrons. The second kappa shape index (κ2) is 6.56. The van der Waals surface area contributed by atoms with Crippen LogP contribution in [0.1, 0.15) is 70.5 Å². The minimum atomic E-state index is 0.103. The van der Waals surface area contributed by atoms with Crippen LogP contribution < -0.4 is 0 Å². The first-order valence-electron chi connectivity index (χ1n) is 7.88. The first-order valence-corrected chi connectivity index (χ1v) is 7.88. The molecule has 2 rings (SSSR count). The topological polar surface area (TPSA) is 38.0 Å².